The van der Waals surface area contributed by atoms with Crippen molar-refractivity contribution in [3.8, 4) is 16.9 Å². The van der Waals surface area contributed by atoms with Crippen LogP contribution in [0, 0.1) is 10.1 Å². The molecule has 0 atom stereocenters. The number of carbonyl (C=O) groups excluding carboxylic acids is 1. The van der Waals surface area contributed by atoms with Crippen LogP contribution in [0.4, 0.5) is 5.69 Å². The summed E-state index contributed by atoms with van der Waals surface area (Å²) in [6, 6.07) is 10.8. The Hall–Kier alpha value is -2.93. The zero-order chi connectivity index (χ0) is 19.8. The number of ether oxygens (including phenoxy) is 2. The van der Waals surface area contributed by atoms with Crippen molar-refractivity contribution in [2.45, 2.75) is 26.8 Å². The lowest BCUT2D eigenvalue weighted by Gasteiger charge is -2.15. The predicted molar refractivity (Wildman–Crippen MR) is 103 cm³/mol. The van der Waals surface area contributed by atoms with Crippen molar-refractivity contribution in [1.29, 1.82) is 0 Å². The highest BCUT2D eigenvalue weighted by Crippen LogP contribution is 2.37. The first kappa shape index (κ1) is 20.4. The molecular formula is C20H24N2O5. The molecule has 0 saturated carbocycles. The fourth-order valence-corrected chi connectivity index (χ4v) is 2.87. The lowest BCUT2D eigenvalue weighted by atomic mass is 9.95. The minimum atomic E-state index is -0.509. The predicted octanol–water partition coefficient (Wildman–Crippen LogP) is 3.49. The molecule has 0 saturated heterocycles. The van der Waals surface area contributed by atoms with Gasteiger partial charge in [-0.1, -0.05) is 31.2 Å². The molecule has 0 amide bonds. The van der Waals surface area contributed by atoms with Crippen LogP contribution in [0.1, 0.15) is 25.0 Å². The van der Waals surface area contributed by atoms with Gasteiger partial charge in [-0.05, 0) is 30.7 Å². The summed E-state index contributed by atoms with van der Waals surface area (Å²) in [4.78, 5) is 22.9. The number of carbonyl (C=O) groups is 1. The van der Waals surface area contributed by atoms with Gasteiger partial charge in [-0.2, -0.15) is 0 Å². The van der Waals surface area contributed by atoms with Crippen LogP contribution in [-0.4, -0.2) is 31.2 Å². The highest BCUT2D eigenvalue weighted by atomic mass is 16.6. The van der Waals surface area contributed by atoms with Gasteiger partial charge in [0.15, 0.2) is 0 Å². The van der Waals surface area contributed by atoms with Crippen LogP contribution >= 0.6 is 0 Å². The molecule has 0 unspecified atom stereocenters. The Morgan fingerprint density at radius 2 is 1.89 bits per heavy atom. The van der Waals surface area contributed by atoms with Gasteiger partial charge in [-0.25, -0.2) is 0 Å². The van der Waals surface area contributed by atoms with Crippen molar-refractivity contribution in [3.63, 3.8) is 0 Å². The second-order valence-electron chi connectivity index (χ2n) is 5.86. The molecule has 2 rings (SSSR count). The summed E-state index contributed by atoms with van der Waals surface area (Å²) < 4.78 is 10.4. The Morgan fingerprint density at radius 3 is 2.52 bits per heavy atom. The van der Waals surface area contributed by atoms with E-state index in [1.807, 2.05) is 31.2 Å². The lowest BCUT2D eigenvalue weighted by molar-refractivity contribution is -0.385. The minimum Gasteiger partial charge on any atom is -0.496 e. The molecule has 0 aromatic heterocycles. The maximum Gasteiger partial charge on any atom is 0.310 e. The Balaban J connectivity index is 2.59. The fourth-order valence-electron chi connectivity index (χ4n) is 2.87. The third kappa shape index (κ3) is 5.04. The Morgan fingerprint density at radius 1 is 1.15 bits per heavy atom. The summed E-state index contributed by atoms with van der Waals surface area (Å²) in [5.74, 6) is -0.115. The van der Waals surface area contributed by atoms with Crippen molar-refractivity contribution in [3.05, 3.63) is 57.6 Å². The largest absolute Gasteiger partial charge is 0.496 e. The van der Waals surface area contributed by atoms with E-state index in [1.165, 1.54) is 13.2 Å². The van der Waals surface area contributed by atoms with Gasteiger partial charge in [0.2, 0.25) is 0 Å². The average Bonchev–Trinajstić information content (AvgIpc) is 2.66. The van der Waals surface area contributed by atoms with Gasteiger partial charge in [-0.15, -0.1) is 0 Å². The number of benzene rings is 2. The molecule has 0 radical (unpaired) electrons. The van der Waals surface area contributed by atoms with Gasteiger partial charge in [0, 0.05) is 17.7 Å². The molecule has 0 aliphatic heterocycles. The normalized spacial score (nSPS) is 10.5. The van der Waals surface area contributed by atoms with E-state index in [0.29, 0.717) is 23.4 Å². The Kier molecular flexibility index (Phi) is 7.31. The number of nitro groups is 1. The third-order valence-corrected chi connectivity index (χ3v) is 4.11. The van der Waals surface area contributed by atoms with Gasteiger partial charge >= 0.3 is 5.97 Å². The summed E-state index contributed by atoms with van der Waals surface area (Å²) in [5.41, 5.74) is 2.78. The molecule has 7 nitrogen and oxygen atoms in total. The molecule has 27 heavy (non-hydrogen) atoms. The molecule has 1 N–H and O–H groups in total. The second-order valence-corrected chi connectivity index (χ2v) is 5.86. The number of nitro benzene ring substituents is 1. The van der Waals surface area contributed by atoms with Crippen LogP contribution in [-0.2, 0) is 22.5 Å². The Bertz CT molecular complexity index is 820. The molecule has 0 fully saturated rings. The Labute approximate surface area is 158 Å². The fraction of sp³-hybridized carbons (Fsp3) is 0.350. The van der Waals surface area contributed by atoms with Crippen LogP contribution in [0.5, 0.6) is 5.75 Å². The first-order valence-corrected chi connectivity index (χ1v) is 8.81. The smallest absolute Gasteiger partial charge is 0.310 e. The quantitative estimate of drug-likeness (QED) is 0.412. The second kappa shape index (κ2) is 9.68. The standard InChI is InChI=1S/C20H24N2O5/c1-4-21-13-14-8-6-7-9-16(14)17-10-15(11-20(23)27-5-2)18(22(24)25)12-19(17)26-3/h6-10,12,21H,4-5,11,13H2,1-3H3. The number of rotatable bonds is 9. The first-order valence-electron chi connectivity index (χ1n) is 8.81. The van der Waals surface area contributed by atoms with E-state index >= 15 is 0 Å². The van der Waals surface area contributed by atoms with Crippen molar-refractivity contribution in [1.82, 2.24) is 5.32 Å². The molecule has 0 aliphatic rings. The van der Waals surface area contributed by atoms with Gasteiger partial charge in [0.05, 0.1) is 31.1 Å². The summed E-state index contributed by atoms with van der Waals surface area (Å²) in [5, 5.41) is 14.8. The monoisotopic (exact) mass is 372 g/mol. The van der Waals surface area contributed by atoms with Crippen molar-refractivity contribution < 1.29 is 19.2 Å². The van der Waals surface area contributed by atoms with Crippen molar-refractivity contribution >= 4 is 11.7 Å². The number of hydrogen-bond acceptors (Lipinski definition) is 6. The van der Waals surface area contributed by atoms with Crippen molar-refractivity contribution in [2.24, 2.45) is 0 Å². The van der Waals surface area contributed by atoms with E-state index in [1.54, 1.807) is 13.0 Å². The SMILES string of the molecule is CCNCc1ccccc1-c1cc(CC(=O)OCC)c([N+](=O)[O-])cc1OC. The zero-order valence-electron chi connectivity index (χ0n) is 15.8. The maximum atomic E-state index is 11.9. The first-order chi connectivity index (χ1) is 13.0. The summed E-state index contributed by atoms with van der Waals surface area (Å²) >= 11 is 0. The zero-order valence-corrected chi connectivity index (χ0v) is 15.8. The van der Waals surface area contributed by atoms with Gasteiger partial charge in [0.1, 0.15) is 5.75 Å². The molecule has 7 heteroatoms. The topological polar surface area (TPSA) is 90.7 Å². The molecule has 0 spiro atoms. The number of hydrogen-bond donors (Lipinski definition) is 1. The molecule has 0 aliphatic carbocycles. The van der Waals surface area contributed by atoms with E-state index < -0.39 is 10.9 Å². The van der Waals surface area contributed by atoms with Gasteiger partial charge in [0.25, 0.3) is 5.69 Å². The number of nitrogens with zero attached hydrogens (tertiary/aromatic N) is 1. The average molecular weight is 372 g/mol. The van der Waals surface area contributed by atoms with Crippen LogP contribution in [0.3, 0.4) is 0 Å². The number of esters is 1. The molecule has 2 aromatic carbocycles. The van der Waals surface area contributed by atoms with Crippen LogP contribution in [0.25, 0.3) is 11.1 Å². The van der Waals surface area contributed by atoms with E-state index in [-0.39, 0.29) is 18.7 Å². The molecule has 0 heterocycles. The van der Waals surface area contributed by atoms with Gasteiger partial charge < -0.3 is 14.8 Å². The minimum absolute atomic E-state index is 0.159. The maximum absolute atomic E-state index is 11.9. The third-order valence-electron chi connectivity index (χ3n) is 4.11. The van der Waals surface area contributed by atoms with E-state index in [9.17, 15) is 14.9 Å². The summed E-state index contributed by atoms with van der Waals surface area (Å²) in [6.07, 6.45) is -0.170. The van der Waals surface area contributed by atoms with E-state index in [2.05, 4.69) is 5.32 Å². The lowest BCUT2D eigenvalue weighted by Crippen LogP contribution is -2.13. The van der Waals surface area contributed by atoms with Crippen LogP contribution < -0.4 is 10.1 Å². The highest BCUT2D eigenvalue weighted by Gasteiger charge is 2.22. The summed E-state index contributed by atoms with van der Waals surface area (Å²) in [7, 11) is 1.47. The molecule has 144 valence electrons. The highest BCUT2D eigenvalue weighted by molar-refractivity contribution is 5.80. The van der Waals surface area contributed by atoms with E-state index in [0.717, 1.165) is 17.7 Å². The molecule has 2 aromatic rings. The van der Waals surface area contributed by atoms with Gasteiger partial charge in [-0.3, -0.25) is 14.9 Å². The number of methoxy groups -OCH3 is 1. The summed E-state index contributed by atoms with van der Waals surface area (Å²) in [6.45, 7) is 5.41. The van der Waals surface area contributed by atoms with Crippen molar-refractivity contribution in [2.75, 3.05) is 20.3 Å². The van der Waals surface area contributed by atoms with E-state index in [4.69, 9.17) is 9.47 Å². The molecule has 0 bridgehead atoms. The van der Waals surface area contributed by atoms with Crippen LogP contribution in [0.2, 0.25) is 0 Å². The number of nitrogens with one attached hydrogen (secondary N) is 1. The van der Waals surface area contributed by atoms with Crippen LogP contribution in [0.15, 0.2) is 36.4 Å². The molecular weight excluding hydrogens is 348 g/mol.